The number of aromatic nitrogens is 1. The molecule has 2 aromatic rings. The number of benzene rings is 1. The second-order valence-corrected chi connectivity index (χ2v) is 6.32. The fourth-order valence-corrected chi connectivity index (χ4v) is 3.13. The third kappa shape index (κ3) is 3.62. The molecule has 1 aliphatic rings. The Morgan fingerprint density at radius 3 is 2.36 bits per heavy atom. The molecule has 0 unspecified atom stereocenters. The summed E-state index contributed by atoms with van der Waals surface area (Å²) in [6.07, 6.45) is 4.97. The van der Waals surface area contributed by atoms with Gasteiger partial charge in [0.25, 0.3) is 0 Å². The van der Waals surface area contributed by atoms with E-state index in [0.717, 1.165) is 18.5 Å². The van der Waals surface area contributed by atoms with Crippen molar-refractivity contribution in [3.63, 3.8) is 0 Å². The number of ether oxygens (including phenoxy) is 4. The minimum atomic E-state index is -0.745. The van der Waals surface area contributed by atoms with E-state index in [1.165, 1.54) is 11.1 Å². The highest BCUT2D eigenvalue weighted by atomic mass is 16.7. The van der Waals surface area contributed by atoms with Crippen LogP contribution in [0.4, 0.5) is 0 Å². The van der Waals surface area contributed by atoms with E-state index in [1.54, 1.807) is 14.2 Å². The van der Waals surface area contributed by atoms with Crippen LogP contribution in [-0.2, 0) is 21.8 Å². The van der Waals surface area contributed by atoms with Gasteiger partial charge in [-0.15, -0.1) is 0 Å². The molecule has 0 radical (unpaired) electrons. The van der Waals surface area contributed by atoms with Gasteiger partial charge in [-0.1, -0.05) is 0 Å². The van der Waals surface area contributed by atoms with Crippen LogP contribution in [0.25, 0.3) is 0 Å². The first-order valence-electron chi connectivity index (χ1n) is 8.55. The number of methoxy groups -OCH3 is 2. The number of nitrogens with zero attached hydrogens (tertiary/aromatic N) is 1. The Labute approximate surface area is 149 Å². The van der Waals surface area contributed by atoms with Gasteiger partial charge in [-0.2, -0.15) is 0 Å². The predicted molar refractivity (Wildman–Crippen MR) is 93.9 cm³/mol. The van der Waals surface area contributed by atoms with Gasteiger partial charge in [0.15, 0.2) is 30.4 Å². The minimum Gasteiger partial charge on any atom is -0.493 e. The average molecular weight is 344 g/mol. The van der Waals surface area contributed by atoms with E-state index in [-0.39, 0.29) is 0 Å². The van der Waals surface area contributed by atoms with Gasteiger partial charge in [0.05, 0.1) is 33.9 Å². The first kappa shape index (κ1) is 17.7. The zero-order valence-electron chi connectivity index (χ0n) is 15.4. The monoisotopic (exact) mass is 344 g/mol. The van der Waals surface area contributed by atoms with E-state index in [9.17, 15) is 0 Å². The Balaban J connectivity index is 1.85. The maximum Gasteiger partial charge on any atom is 0.201 e. The van der Waals surface area contributed by atoms with Gasteiger partial charge >= 0.3 is 0 Å². The fraction of sp³-hybridized carbons (Fsp3) is 0.450. The Bertz CT molecular complexity index is 738. The number of aryl methyl sites for hydroxylation is 3. The lowest BCUT2D eigenvalue weighted by Crippen LogP contribution is -2.39. The van der Waals surface area contributed by atoms with Crippen LogP contribution >= 0.6 is 0 Å². The van der Waals surface area contributed by atoms with Gasteiger partial charge in [0.2, 0.25) is 5.79 Å². The van der Waals surface area contributed by atoms with E-state index in [4.69, 9.17) is 18.9 Å². The standard InChI is InChI=1S/C20H26NO4/c1-15-7-9-21(14-16(15)2)10-8-20(24-11-12-25-20)17-5-6-18(22-3)19(13-17)23-4/h5-7,9,13-14H,8,10-12H2,1-4H3/q+1. The van der Waals surface area contributed by atoms with E-state index < -0.39 is 5.79 Å². The SMILES string of the molecule is COc1ccc(C2(CC[n+]3ccc(C)c(C)c3)OCCO2)cc1OC. The average Bonchev–Trinajstić information content (AvgIpc) is 3.12. The number of pyridine rings is 1. The molecule has 3 rings (SSSR count). The summed E-state index contributed by atoms with van der Waals surface area (Å²) in [4.78, 5) is 0. The molecule has 0 atom stereocenters. The van der Waals surface area contributed by atoms with Crippen molar-refractivity contribution in [2.75, 3.05) is 27.4 Å². The van der Waals surface area contributed by atoms with Crippen LogP contribution in [0.1, 0.15) is 23.1 Å². The van der Waals surface area contributed by atoms with E-state index in [2.05, 4.69) is 36.9 Å². The predicted octanol–water partition coefficient (Wildman–Crippen LogP) is 2.90. The zero-order valence-corrected chi connectivity index (χ0v) is 15.4. The molecule has 2 heterocycles. The lowest BCUT2D eigenvalue weighted by atomic mass is 10.0. The van der Waals surface area contributed by atoms with Crippen molar-refractivity contribution in [3.05, 3.63) is 53.3 Å². The molecule has 25 heavy (non-hydrogen) atoms. The molecule has 1 aliphatic heterocycles. The second-order valence-electron chi connectivity index (χ2n) is 6.32. The molecule has 0 amide bonds. The van der Waals surface area contributed by atoms with Crippen molar-refractivity contribution in [1.29, 1.82) is 0 Å². The summed E-state index contributed by atoms with van der Waals surface area (Å²) >= 11 is 0. The van der Waals surface area contributed by atoms with Crippen molar-refractivity contribution < 1.29 is 23.5 Å². The zero-order chi connectivity index (χ0) is 17.9. The Kier molecular flexibility index (Phi) is 5.25. The maximum atomic E-state index is 6.04. The second kappa shape index (κ2) is 7.42. The molecule has 1 fully saturated rings. The quantitative estimate of drug-likeness (QED) is 0.756. The van der Waals surface area contributed by atoms with Crippen LogP contribution < -0.4 is 14.0 Å². The molecule has 5 heteroatoms. The molecular weight excluding hydrogens is 318 g/mol. The first-order valence-corrected chi connectivity index (χ1v) is 8.55. The number of hydrogen-bond acceptors (Lipinski definition) is 4. The minimum absolute atomic E-state index is 0.589. The number of rotatable bonds is 6. The van der Waals surface area contributed by atoms with Crippen molar-refractivity contribution in [3.8, 4) is 11.5 Å². The van der Waals surface area contributed by atoms with Crippen molar-refractivity contribution in [1.82, 2.24) is 0 Å². The molecule has 1 aromatic heterocycles. The van der Waals surface area contributed by atoms with Gasteiger partial charge in [-0.3, -0.25) is 0 Å². The van der Waals surface area contributed by atoms with Gasteiger partial charge in [-0.05, 0) is 37.6 Å². The first-order chi connectivity index (χ1) is 12.1. The maximum absolute atomic E-state index is 6.04. The van der Waals surface area contributed by atoms with Crippen LogP contribution in [0, 0.1) is 13.8 Å². The molecule has 0 N–H and O–H groups in total. The molecule has 134 valence electrons. The van der Waals surface area contributed by atoms with Crippen LogP contribution in [0.15, 0.2) is 36.7 Å². The highest BCUT2D eigenvalue weighted by Gasteiger charge is 2.40. The van der Waals surface area contributed by atoms with Crippen LogP contribution in [0.2, 0.25) is 0 Å². The Hall–Kier alpha value is -2.11. The van der Waals surface area contributed by atoms with Crippen molar-refractivity contribution in [2.45, 2.75) is 32.6 Å². The van der Waals surface area contributed by atoms with Crippen molar-refractivity contribution in [2.24, 2.45) is 0 Å². The molecule has 0 aliphatic carbocycles. The van der Waals surface area contributed by atoms with Gasteiger partial charge < -0.3 is 18.9 Å². The van der Waals surface area contributed by atoms with Gasteiger partial charge in [0, 0.05) is 17.2 Å². The molecule has 5 nitrogen and oxygen atoms in total. The highest BCUT2D eigenvalue weighted by molar-refractivity contribution is 5.44. The topological polar surface area (TPSA) is 40.8 Å². The third-order valence-electron chi connectivity index (χ3n) is 4.77. The third-order valence-corrected chi connectivity index (χ3v) is 4.77. The Morgan fingerprint density at radius 2 is 1.72 bits per heavy atom. The summed E-state index contributed by atoms with van der Waals surface area (Å²) in [6, 6.07) is 7.95. The largest absolute Gasteiger partial charge is 0.493 e. The summed E-state index contributed by atoms with van der Waals surface area (Å²) in [5, 5.41) is 0. The van der Waals surface area contributed by atoms with E-state index >= 15 is 0 Å². The summed E-state index contributed by atoms with van der Waals surface area (Å²) in [6.45, 7) is 6.22. The summed E-state index contributed by atoms with van der Waals surface area (Å²) < 4.78 is 25.0. The van der Waals surface area contributed by atoms with E-state index in [1.807, 2.05) is 18.2 Å². The summed E-state index contributed by atoms with van der Waals surface area (Å²) in [5.74, 6) is 0.631. The molecule has 0 bridgehead atoms. The van der Waals surface area contributed by atoms with Crippen LogP contribution in [0.3, 0.4) is 0 Å². The molecule has 0 spiro atoms. The highest BCUT2D eigenvalue weighted by Crippen LogP contribution is 2.39. The molecular formula is C20H26NO4+. The fourth-order valence-electron chi connectivity index (χ4n) is 3.13. The van der Waals surface area contributed by atoms with E-state index in [0.29, 0.717) is 24.7 Å². The number of hydrogen-bond donors (Lipinski definition) is 0. The molecule has 1 saturated heterocycles. The van der Waals surface area contributed by atoms with Gasteiger partial charge in [0.1, 0.15) is 0 Å². The molecule has 0 saturated carbocycles. The lowest BCUT2D eigenvalue weighted by Gasteiger charge is -2.27. The summed E-state index contributed by atoms with van der Waals surface area (Å²) in [5.41, 5.74) is 3.52. The lowest BCUT2D eigenvalue weighted by molar-refractivity contribution is -0.700. The van der Waals surface area contributed by atoms with Crippen LogP contribution in [0.5, 0.6) is 11.5 Å². The Morgan fingerprint density at radius 1 is 1.00 bits per heavy atom. The van der Waals surface area contributed by atoms with Gasteiger partial charge in [-0.25, -0.2) is 4.57 Å². The molecule has 1 aromatic carbocycles. The smallest absolute Gasteiger partial charge is 0.201 e. The summed E-state index contributed by atoms with van der Waals surface area (Å²) in [7, 11) is 3.27. The van der Waals surface area contributed by atoms with Crippen molar-refractivity contribution >= 4 is 0 Å². The normalized spacial score (nSPS) is 16.0. The van der Waals surface area contributed by atoms with Crippen LogP contribution in [-0.4, -0.2) is 27.4 Å².